The number of nitrogens with one attached hydrogen (secondary N) is 1. The van der Waals surface area contributed by atoms with E-state index in [1.165, 1.54) is 24.4 Å². The molecule has 0 aliphatic rings. The largest absolute Gasteiger partial charge is 0.507 e. The Bertz CT molecular complexity index is 1000. The topological polar surface area (TPSA) is 118 Å². The van der Waals surface area contributed by atoms with Gasteiger partial charge in [0.25, 0.3) is 5.56 Å². The van der Waals surface area contributed by atoms with Crippen LogP contribution in [0.2, 0.25) is 0 Å². The van der Waals surface area contributed by atoms with Crippen LogP contribution in [-0.4, -0.2) is 19.7 Å². The third kappa shape index (κ3) is 1.90. The number of H-pyrrole nitrogens is 1. The molecule has 100 valence electrons. The first-order valence-corrected chi connectivity index (χ1v) is 5.88. The van der Waals surface area contributed by atoms with Crippen LogP contribution in [0.5, 0.6) is 5.75 Å². The molecule has 7 heteroatoms. The van der Waals surface area contributed by atoms with Gasteiger partial charge in [-0.15, -0.1) is 0 Å². The SMILES string of the molecule is N#Cc1cc(-c2cc(=O)n3ncc(C#N)c3[nH]2)ccc1O. The molecular weight excluding hydrogens is 270 g/mol. The van der Waals surface area contributed by atoms with Gasteiger partial charge < -0.3 is 10.1 Å². The minimum absolute atomic E-state index is 0.0993. The molecule has 2 heterocycles. The molecule has 0 aliphatic carbocycles. The molecule has 0 fully saturated rings. The van der Waals surface area contributed by atoms with E-state index in [1.807, 2.05) is 12.1 Å². The lowest BCUT2D eigenvalue weighted by Crippen LogP contribution is -2.14. The first-order chi connectivity index (χ1) is 10.1. The summed E-state index contributed by atoms with van der Waals surface area (Å²) in [5.74, 6) is -0.133. The molecular formula is C14H7N5O2. The van der Waals surface area contributed by atoms with E-state index in [-0.39, 0.29) is 22.5 Å². The summed E-state index contributed by atoms with van der Waals surface area (Å²) in [5.41, 5.74) is 1.21. The summed E-state index contributed by atoms with van der Waals surface area (Å²) in [5, 5.41) is 31.3. The quantitative estimate of drug-likeness (QED) is 0.691. The van der Waals surface area contributed by atoms with Gasteiger partial charge >= 0.3 is 0 Å². The molecule has 0 aliphatic heterocycles. The highest BCUT2D eigenvalue weighted by Crippen LogP contribution is 2.24. The third-order valence-corrected chi connectivity index (χ3v) is 3.05. The molecule has 7 nitrogen and oxygen atoms in total. The van der Waals surface area contributed by atoms with Gasteiger partial charge in [0.1, 0.15) is 23.5 Å². The maximum atomic E-state index is 12.0. The first kappa shape index (κ1) is 12.5. The fourth-order valence-electron chi connectivity index (χ4n) is 2.01. The number of aromatic hydroxyl groups is 1. The molecule has 0 saturated heterocycles. The predicted octanol–water partition coefficient (Wildman–Crippen LogP) is 1.14. The summed E-state index contributed by atoms with van der Waals surface area (Å²) in [6, 6.07) is 9.52. The van der Waals surface area contributed by atoms with Gasteiger partial charge in [-0.3, -0.25) is 4.79 Å². The molecule has 0 bridgehead atoms. The zero-order valence-corrected chi connectivity index (χ0v) is 10.5. The molecule has 0 unspecified atom stereocenters. The minimum Gasteiger partial charge on any atom is -0.507 e. The van der Waals surface area contributed by atoms with Crippen LogP contribution in [0.3, 0.4) is 0 Å². The van der Waals surface area contributed by atoms with E-state index in [1.54, 1.807) is 6.07 Å². The van der Waals surface area contributed by atoms with E-state index < -0.39 is 5.56 Å². The van der Waals surface area contributed by atoms with E-state index in [0.29, 0.717) is 11.3 Å². The van der Waals surface area contributed by atoms with Crippen LogP contribution in [-0.2, 0) is 0 Å². The van der Waals surface area contributed by atoms with Crippen molar-refractivity contribution in [3.8, 4) is 29.1 Å². The minimum atomic E-state index is -0.396. The molecule has 0 saturated carbocycles. The fraction of sp³-hybridized carbons (Fsp3) is 0. The predicted molar refractivity (Wildman–Crippen MR) is 72.3 cm³/mol. The van der Waals surface area contributed by atoms with Crippen molar-refractivity contribution in [1.29, 1.82) is 10.5 Å². The Labute approximate surface area is 117 Å². The molecule has 0 radical (unpaired) electrons. The number of phenolic OH excluding ortho intramolecular Hbond substituents is 1. The molecule has 0 atom stereocenters. The van der Waals surface area contributed by atoms with Crippen molar-refractivity contribution < 1.29 is 5.11 Å². The van der Waals surface area contributed by atoms with Gasteiger partial charge in [-0.25, -0.2) is 0 Å². The number of fused-ring (bicyclic) bond motifs is 1. The monoisotopic (exact) mass is 277 g/mol. The number of phenols is 1. The summed E-state index contributed by atoms with van der Waals surface area (Å²) in [6.45, 7) is 0. The van der Waals surface area contributed by atoms with Gasteiger partial charge in [-0.2, -0.15) is 20.1 Å². The van der Waals surface area contributed by atoms with Crippen molar-refractivity contribution in [2.75, 3.05) is 0 Å². The van der Waals surface area contributed by atoms with Gasteiger partial charge in [0, 0.05) is 6.07 Å². The zero-order chi connectivity index (χ0) is 15.0. The molecule has 2 aromatic heterocycles. The van der Waals surface area contributed by atoms with E-state index in [0.717, 1.165) is 4.52 Å². The Morgan fingerprint density at radius 1 is 1.19 bits per heavy atom. The van der Waals surface area contributed by atoms with Gasteiger partial charge in [0.15, 0.2) is 5.65 Å². The lowest BCUT2D eigenvalue weighted by atomic mass is 10.1. The number of aromatic amines is 1. The second kappa shape index (κ2) is 4.51. The van der Waals surface area contributed by atoms with Crippen molar-refractivity contribution >= 4 is 5.65 Å². The smallest absolute Gasteiger partial charge is 0.274 e. The van der Waals surface area contributed by atoms with Crippen LogP contribution >= 0.6 is 0 Å². The lowest BCUT2D eigenvalue weighted by Gasteiger charge is -2.04. The Hall–Kier alpha value is -3.58. The summed E-state index contributed by atoms with van der Waals surface area (Å²) in [6.07, 6.45) is 1.30. The van der Waals surface area contributed by atoms with Crippen molar-refractivity contribution in [2.24, 2.45) is 0 Å². The van der Waals surface area contributed by atoms with Gasteiger partial charge in [-0.05, 0) is 23.8 Å². The average Bonchev–Trinajstić information content (AvgIpc) is 2.91. The van der Waals surface area contributed by atoms with E-state index in [4.69, 9.17) is 10.5 Å². The first-order valence-electron chi connectivity index (χ1n) is 5.88. The summed E-state index contributed by atoms with van der Waals surface area (Å²) in [7, 11) is 0. The molecule has 21 heavy (non-hydrogen) atoms. The number of rotatable bonds is 1. The molecule has 0 amide bonds. The Morgan fingerprint density at radius 2 is 1.95 bits per heavy atom. The van der Waals surface area contributed by atoms with Gasteiger partial charge in [0.05, 0.1) is 17.5 Å². The number of nitriles is 2. The highest BCUT2D eigenvalue weighted by atomic mass is 16.3. The zero-order valence-electron chi connectivity index (χ0n) is 10.5. The van der Waals surface area contributed by atoms with Crippen molar-refractivity contribution in [1.82, 2.24) is 14.6 Å². The van der Waals surface area contributed by atoms with Crippen LogP contribution in [0.4, 0.5) is 0 Å². The highest BCUT2D eigenvalue weighted by Gasteiger charge is 2.10. The Morgan fingerprint density at radius 3 is 2.67 bits per heavy atom. The van der Waals surface area contributed by atoms with E-state index in [9.17, 15) is 9.90 Å². The van der Waals surface area contributed by atoms with Crippen molar-refractivity contribution in [2.45, 2.75) is 0 Å². The second-order valence-electron chi connectivity index (χ2n) is 4.30. The van der Waals surface area contributed by atoms with Crippen LogP contribution in [0.25, 0.3) is 16.9 Å². The Kier molecular flexibility index (Phi) is 2.68. The molecule has 3 aromatic rings. The normalized spacial score (nSPS) is 10.2. The second-order valence-corrected chi connectivity index (χ2v) is 4.30. The van der Waals surface area contributed by atoms with E-state index in [2.05, 4.69) is 10.1 Å². The summed E-state index contributed by atoms with van der Waals surface area (Å²) in [4.78, 5) is 14.9. The van der Waals surface area contributed by atoms with Gasteiger partial charge in [-0.1, -0.05) is 0 Å². The number of benzene rings is 1. The maximum absolute atomic E-state index is 12.0. The molecule has 1 aromatic carbocycles. The number of aromatic nitrogens is 3. The molecule has 2 N–H and O–H groups in total. The lowest BCUT2D eigenvalue weighted by molar-refractivity contribution is 0.473. The highest BCUT2D eigenvalue weighted by molar-refractivity contribution is 5.67. The summed E-state index contributed by atoms with van der Waals surface area (Å²) >= 11 is 0. The number of hydrogen-bond acceptors (Lipinski definition) is 5. The fourth-order valence-corrected chi connectivity index (χ4v) is 2.01. The van der Waals surface area contributed by atoms with Crippen LogP contribution in [0, 0.1) is 22.7 Å². The van der Waals surface area contributed by atoms with Crippen molar-refractivity contribution in [3.63, 3.8) is 0 Å². The molecule has 3 rings (SSSR count). The van der Waals surface area contributed by atoms with Crippen LogP contribution < -0.4 is 5.56 Å². The standard InChI is InChI=1S/C14H7N5O2/c15-5-9-3-8(1-2-12(9)20)11-4-13(21)19-14(18-11)10(6-16)7-17-19/h1-4,7,18,20H. The third-order valence-electron chi connectivity index (χ3n) is 3.05. The van der Waals surface area contributed by atoms with Crippen LogP contribution in [0.1, 0.15) is 11.1 Å². The van der Waals surface area contributed by atoms with Crippen LogP contribution in [0.15, 0.2) is 35.3 Å². The van der Waals surface area contributed by atoms with Crippen molar-refractivity contribution in [3.05, 3.63) is 51.9 Å². The van der Waals surface area contributed by atoms with Gasteiger partial charge in [0.2, 0.25) is 0 Å². The van der Waals surface area contributed by atoms with E-state index >= 15 is 0 Å². The number of hydrogen-bond donors (Lipinski definition) is 2. The Balaban J connectivity index is 2.29. The molecule has 0 spiro atoms. The number of nitrogens with zero attached hydrogens (tertiary/aromatic N) is 4. The average molecular weight is 277 g/mol. The summed E-state index contributed by atoms with van der Waals surface area (Å²) < 4.78 is 1.09. The maximum Gasteiger partial charge on any atom is 0.274 e.